The van der Waals surface area contributed by atoms with Crippen LogP contribution in [0.4, 0.5) is 0 Å². The number of hydrogen-bond donors (Lipinski definition) is 0. The summed E-state index contributed by atoms with van der Waals surface area (Å²) in [5, 5.41) is 0. The molecule has 0 aromatic carbocycles. The highest BCUT2D eigenvalue weighted by Crippen LogP contribution is 2.23. The molecule has 1 rings (SSSR count). The number of carbonyl (C=O) groups excluding carboxylic acids is 1. The molecule has 3 nitrogen and oxygen atoms in total. The first kappa shape index (κ1) is 11.8. The van der Waals surface area contributed by atoms with Gasteiger partial charge in [-0.25, -0.2) is 0 Å². The highest BCUT2D eigenvalue weighted by atomic mass is 35.5. The van der Waals surface area contributed by atoms with Gasteiger partial charge < -0.3 is 9.64 Å². The zero-order valence-electron chi connectivity index (χ0n) is 8.83. The molecule has 0 aliphatic carbocycles. The maximum Gasteiger partial charge on any atom is 0.237 e. The van der Waals surface area contributed by atoms with Gasteiger partial charge in [0.25, 0.3) is 0 Å². The van der Waals surface area contributed by atoms with Gasteiger partial charge in [-0.3, -0.25) is 4.79 Å². The second kappa shape index (κ2) is 5.56. The van der Waals surface area contributed by atoms with Crippen LogP contribution in [0.5, 0.6) is 0 Å². The highest BCUT2D eigenvalue weighted by Gasteiger charge is 2.31. The monoisotopic (exact) mass is 219 g/mol. The fraction of sp³-hybridized carbons (Fsp3) is 0.900. The fourth-order valence-corrected chi connectivity index (χ4v) is 1.98. The van der Waals surface area contributed by atoms with Crippen molar-refractivity contribution in [2.45, 2.75) is 13.8 Å². The van der Waals surface area contributed by atoms with E-state index in [4.69, 9.17) is 16.3 Å². The first-order chi connectivity index (χ1) is 6.69. The van der Waals surface area contributed by atoms with E-state index in [0.717, 1.165) is 26.3 Å². The summed E-state index contributed by atoms with van der Waals surface area (Å²) >= 11 is 5.51. The van der Waals surface area contributed by atoms with E-state index >= 15 is 0 Å². The molecule has 0 radical (unpaired) electrons. The van der Waals surface area contributed by atoms with Crippen LogP contribution in [0.1, 0.15) is 13.8 Å². The second-order valence-corrected chi connectivity index (χ2v) is 4.10. The van der Waals surface area contributed by atoms with E-state index < -0.39 is 0 Å². The van der Waals surface area contributed by atoms with Gasteiger partial charge in [-0.15, -0.1) is 11.6 Å². The molecule has 14 heavy (non-hydrogen) atoms. The Balaban J connectivity index is 2.39. The quantitative estimate of drug-likeness (QED) is 0.669. The molecule has 1 aliphatic rings. The van der Waals surface area contributed by atoms with Crippen LogP contribution in [0.25, 0.3) is 0 Å². The molecule has 0 N–H and O–H groups in total. The van der Waals surface area contributed by atoms with E-state index in [-0.39, 0.29) is 11.8 Å². The predicted octanol–water partition coefficient (Wildman–Crippen LogP) is 1.36. The largest absolute Gasteiger partial charge is 0.381 e. The van der Waals surface area contributed by atoms with Gasteiger partial charge in [-0.1, -0.05) is 6.92 Å². The number of amides is 1. The minimum absolute atomic E-state index is 0.0394. The van der Waals surface area contributed by atoms with Crippen LogP contribution in [0.15, 0.2) is 0 Å². The number of rotatable bonds is 4. The van der Waals surface area contributed by atoms with Crippen molar-refractivity contribution >= 4 is 17.5 Å². The van der Waals surface area contributed by atoms with Crippen LogP contribution in [-0.4, -0.2) is 43.0 Å². The topological polar surface area (TPSA) is 29.5 Å². The summed E-state index contributed by atoms with van der Waals surface area (Å²) in [5.74, 6) is 1.13. The number of halogens is 1. The van der Waals surface area contributed by atoms with Crippen LogP contribution >= 0.6 is 11.6 Å². The highest BCUT2D eigenvalue weighted by molar-refractivity contribution is 6.27. The van der Waals surface area contributed by atoms with E-state index in [1.807, 2.05) is 11.8 Å². The first-order valence-electron chi connectivity index (χ1n) is 5.10. The molecular formula is C10H18ClNO2. The van der Waals surface area contributed by atoms with Crippen LogP contribution < -0.4 is 0 Å². The van der Waals surface area contributed by atoms with Crippen molar-refractivity contribution in [2.24, 2.45) is 11.8 Å². The number of carbonyl (C=O) groups is 1. The Bertz CT molecular complexity index is 199. The van der Waals surface area contributed by atoms with Crippen LogP contribution in [0.3, 0.4) is 0 Å². The minimum Gasteiger partial charge on any atom is -0.381 e. The predicted molar refractivity (Wildman–Crippen MR) is 56.4 cm³/mol. The minimum atomic E-state index is 0.0394. The average molecular weight is 220 g/mol. The SMILES string of the molecule is CCOC[C@H]1CN(C(=O)CCl)C[C@@H]1C. The third kappa shape index (κ3) is 2.85. The number of nitrogens with zero attached hydrogens (tertiary/aromatic N) is 1. The van der Waals surface area contributed by atoms with Gasteiger partial charge in [0.05, 0.1) is 6.61 Å². The Morgan fingerprint density at radius 3 is 2.86 bits per heavy atom. The summed E-state index contributed by atoms with van der Waals surface area (Å²) in [4.78, 5) is 13.2. The molecule has 1 amide bonds. The molecule has 2 atom stereocenters. The smallest absolute Gasteiger partial charge is 0.237 e. The molecule has 1 fully saturated rings. The Labute approximate surface area is 90.4 Å². The summed E-state index contributed by atoms with van der Waals surface area (Å²) in [7, 11) is 0. The molecule has 4 heteroatoms. The molecule has 1 saturated heterocycles. The standard InChI is InChI=1S/C10H18ClNO2/c1-3-14-7-9-6-12(5-8(9)2)10(13)4-11/h8-9H,3-7H2,1-2H3/t8-,9+/m0/s1. The van der Waals surface area contributed by atoms with Gasteiger partial charge >= 0.3 is 0 Å². The van der Waals surface area contributed by atoms with Gasteiger partial charge in [-0.05, 0) is 12.8 Å². The van der Waals surface area contributed by atoms with Crippen LogP contribution in [-0.2, 0) is 9.53 Å². The van der Waals surface area contributed by atoms with Gasteiger partial charge in [0.15, 0.2) is 0 Å². The summed E-state index contributed by atoms with van der Waals surface area (Å²) in [6.45, 7) is 7.26. The van der Waals surface area contributed by atoms with E-state index in [9.17, 15) is 4.79 Å². The van der Waals surface area contributed by atoms with Crippen molar-refractivity contribution in [3.05, 3.63) is 0 Å². The number of hydrogen-bond acceptors (Lipinski definition) is 2. The van der Waals surface area contributed by atoms with Gasteiger partial charge in [0.2, 0.25) is 5.91 Å². The van der Waals surface area contributed by atoms with Crippen LogP contribution in [0.2, 0.25) is 0 Å². The van der Waals surface area contributed by atoms with Crippen molar-refractivity contribution in [3.8, 4) is 0 Å². The molecule has 1 heterocycles. The molecule has 0 spiro atoms. The molecule has 0 aromatic rings. The van der Waals surface area contributed by atoms with E-state index in [1.165, 1.54) is 0 Å². The van der Waals surface area contributed by atoms with E-state index in [1.54, 1.807) is 0 Å². The Morgan fingerprint density at radius 2 is 2.29 bits per heavy atom. The number of alkyl halides is 1. The summed E-state index contributed by atoms with van der Waals surface area (Å²) in [6.07, 6.45) is 0. The average Bonchev–Trinajstić information content (AvgIpc) is 2.56. The van der Waals surface area contributed by atoms with Crippen molar-refractivity contribution in [1.82, 2.24) is 4.90 Å². The van der Waals surface area contributed by atoms with Crippen LogP contribution in [0, 0.1) is 11.8 Å². The normalized spacial score (nSPS) is 26.9. The lowest BCUT2D eigenvalue weighted by Crippen LogP contribution is -2.30. The Kier molecular flexibility index (Phi) is 4.69. The lowest BCUT2D eigenvalue weighted by Gasteiger charge is -2.14. The summed E-state index contributed by atoms with van der Waals surface area (Å²) < 4.78 is 5.38. The number of ether oxygens (including phenoxy) is 1. The van der Waals surface area contributed by atoms with Crippen molar-refractivity contribution < 1.29 is 9.53 Å². The van der Waals surface area contributed by atoms with Gasteiger partial charge in [0.1, 0.15) is 5.88 Å². The maximum atomic E-state index is 11.3. The van der Waals surface area contributed by atoms with Crippen molar-refractivity contribution in [3.63, 3.8) is 0 Å². The number of likely N-dealkylation sites (tertiary alicyclic amines) is 1. The molecule has 0 bridgehead atoms. The molecule has 1 aliphatic heterocycles. The third-order valence-electron chi connectivity index (χ3n) is 2.77. The zero-order chi connectivity index (χ0) is 10.6. The zero-order valence-corrected chi connectivity index (χ0v) is 9.59. The van der Waals surface area contributed by atoms with E-state index in [0.29, 0.717) is 11.8 Å². The fourth-order valence-electron chi connectivity index (χ4n) is 1.81. The maximum absolute atomic E-state index is 11.3. The lowest BCUT2D eigenvalue weighted by atomic mass is 9.99. The van der Waals surface area contributed by atoms with Crippen molar-refractivity contribution in [2.75, 3.05) is 32.2 Å². The first-order valence-corrected chi connectivity index (χ1v) is 5.64. The molecule has 82 valence electrons. The van der Waals surface area contributed by atoms with Crippen molar-refractivity contribution in [1.29, 1.82) is 0 Å². The Morgan fingerprint density at radius 1 is 1.57 bits per heavy atom. The molecule has 0 saturated carbocycles. The lowest BCUT2D eigenvalue weighted by molar-refractivity contribution is -0.127. The van der Waals surface area contributed by atoms with Gasteiger partial charge in [0, 0.05) is 25.6 Å². The van der Waals surface area contributed by atoms with Gasteiger partial charge in [-0.2, -0.15) is 0 Å². The third-order valence-corrected chi connectivity index (χ3v) is 3.00. The molecule has 0 aromatic heterocycles. The second-order valence-electron chi connectivity index (χ2n) is 3.83. The van der Waals surface area contributed by atoms with E-state index in [2.05, 4.69) is 6.92 Å². The molecular weight excluding hydrogens is 202 g/mol. The summed E-state index contributed by atoms with van der Waals surface area (Å²) in [6, 6.07) is 0. The molecule has 0 unspecified atom stereocenters. The Hall–Kier alpha value is -0.280. The summed E-state index contributed by atoms with van der Waals surface area (Å²) in [5.41, 5.74) is 0.